The Morgan fingerprint density at radius 2 is 2.00 bits per heavy atom. The average Bonchev–Trinajstić information content (AvgIpc) is 3.18. The summed E-state index contributed by atoms with van der Waals surface area (Å²) < 4.78 is 53.0. The van der Waals surface area contributed by atoms with Crippen molar-refractivity contribution in [1.82, 2.24) is 30.2 Å². The van der Waals surface area contributed by atoms with Gasteiger partial charge in [-0.3, -0.25) is 4.79 Å². The predicted molar refractivity (Wildman–Crippen MR) is 114 cm³/mol. The molecule has 2 aliphatic carbocycles. The Labute approximate surface area is 187 Å². The molecule has 7 nitrogen and oxygen atoms in total. The lowest BCUT2D eigenvalue weighted by Gasteiger charge is -2.31. The van der Waals surface area contributed by atoms with E-state index < -0.39 is 24.8 Å². The van der Waals surface area contributed by atoms with Crippen LogP contribution in [-0.4, -0.2) is 56.9 Å². The number of nitrogens with zero attached hydrogens (tertiary/aromatic N) is 3. The summed E-state index contributed by atoms with van der Waals surface area (Å²) in [6.45, 7) is -0.630. The third-order valence-electron chi connectivity index (χ3n) is 6.66. The Bertz CT molecular complexity index is 1150. The molecule has 33 heavy (non-hydrogen) atoms. The van der Waals surface area contributed by atoms with Gasteiger partial charge >= 0.3 is 6.18 Å². The number of H-pyrrole nitrogens is 1. The van der Waals surface area contributed by atoms with Crippen molar-refractivity contribution in [2.75, 3.05) is 13.1 Å². The molecule has 2 atom stereocenters. The van der Waals surface area contributed by atoms with Gasteiger partial charge in [-0.1, -0.05) is 0 Å². The minimum Gasteiger partial charge on any atom is -0.355 e. The number of pyridine rings is 1. The first-order valence-electron chi connectivity index (χ1n) is 11.3. The Hall–Kier alpha value is -2.69. The molecule has 2 saturated carbocycles. The van der Waals surface area contributed by atoms with Gasteiger partial charge in [-0.15, -0.1) is 0 Å². The van der Waals surface area contributed by atoms with Crippen LogP contribution in [-0.2, 0) is 11.2 Å². The molecule has 2 fully saturated rings. The maximum absolute atomic E-state index is 13.1. The Morgan fingerprint density at radius 3 is 2.70 bits per heavy atom. The van der Waals surface area contributed by atoms with E-state index in [9.17, 15) is 22.4 Å². The van der Waals surface area contributed by atoms with Crippen LogP contribution < -0.4 is 10.6 Å². The first-order chi connectivity index (χ1) is 15.8. The molecule has 5 rings (SSSR count). The molecule has 0 radical (unpaired) electrons. The Kier molecular flexibility index (Phi) is 5.75. The first kappa shape index (κ1) is 22.1. The molecule has 1 amide bonds. The summed E-state index contributed by atoms with van der Waals surface area (Å²) in [5.74, 6) is -0.0110. The summed E-state index contributed by atoms with van der Waals surface area (Å²) >= 11 is 0. The van der Waals surface area contributed by atoms with Gasteiger partial charge in [-0.25, -0.2) is 14.4 Å². The number of imidazole rings is 1. The highest BCUT2D eigenvalue weighted by Gasteiger charge is 2.43. The third kappa shape index (κ3) is 4.68. The molecule has 178 valence electrons. The number of halogens is 4. The molecular weight excluding hydrogens is 440 g/mol. The molecular formula is C22H26F4N6O. The second-order valence-corrected chi connectivity index (χ2v) is 9.03. The highest BCUT2D eigenvalue weighted by Crippen LogP contribution is 2.36. The van der Waals surface area contributed by atoms with Crippen LogP contribution in [0.1, 0.15) is 44.0 Å². The number of hydrogen-bond donors (Lipinski definition) is 3. The van der Waals surface area contributed by atoms with Crippen molar-refractivity contribution in [1.29, 1.82) is 0 Å². The number of aromatic nitrogens is 4. The molecule has 2 aliphatic rings. The molecule has 0 aromatic carbocycles. The van der Waals surface area contributed by atoms with E-state index in [0.29, 0.717) is 25.8 Å². The second kappa shape index (κ2) is 8.58. The number of amides is 1. The van der Waals surface area contributed by atoms with Crippen LogP contribution in [0.2, 0.25) is 0 Å². The molecule has 0 aliphatic heterocycles. The van der Waals surface area contributed by atoms with Crippen molar-refractivity contribution < 1.29 is 22.4 Å². The number of carbonyl (C=O) groups is 1. The van der Waals surface area contributed by atoms with Crippen LogP contribution in [0.25, 0.3) is 22.1 Å². The smallest absolute Gasteiger partial charge is 0.355 e. The topological polar surface area (TPSA) is 87.6 Å². The van der Waals surface area contributed by atoms with Gasteiger partial charge in [-0.05, 0) is 38.2 Å². The number of rotatable bonds is 7. The zero-order chi connectivity index (χ0) is 23.2. The molecule has 3 N–H and O–H groups in total. The van der Waals surface area contributed by atoms with Gasteiger partial charge < -0.3 is 20.2 Å². The molecule has 0 bridgehead atoms. The molecule has 3 aromatic rings. The van der Waals surface area contributed by atoms with Gasteiger partial charge in [-0.2, -0.15) is 13.2 Å². The van der Waals surface area contributed by atoms with E-state index in [2.05, 4.69) is 25.2 Å². The zero-order valence-electron chi connectivity index (χ0n) is 18.0. The standard InChI is InChI=1S/C22H26F4N6O/c23-16-9-15(16)21(33)28-8-6-18-31-17-10-29-20-14(5-7-27-20)19(17)32(18)13-3-1-12(2-4-13)30-11-22(24,25)26/h5,7,10,12-13,15-16,30H,1-4,6,8-9,11H2,(H,27,29)(H,28,33)/t12-,13-,15?,16?. The number of alkyl halides is 4. The second-order valence-electron chi connectivity index (χ2n) is 9.03. The average molecular weight is 466 g/mol. The van der Waals surface area contributed by atoms with Gasteiger partial charge in [0.15, 0.2) is 0 Å². The lowest BCUT2D eigenvalue weighted by molar-refractivity contribution is -0.126. The van der Waals surface area contributed by atoms with E-state index in [1.165, 1.54) is 0 Å². The molecule has 0 saturated heterocycles. The van der Waals surface area contributed by atoms with E-state index in [1.807, 2.05) is 12.3 Å². The van der Waals surface area contributed by atoms with Gasteiger partial charge in [0.25, 0.3) is 0 Å². The maximum atomic E-state index is 13.1. The predicted octanol–water partition coefficient (Wildman–Crippen LogP) is 3.56. The summed E-state index contributed by atoms with van der Waals surface area (Å²) in [6, 6.07) is 1.87. The van der Waals surface area contributed by atoms with Crippen molar-refractivity contribution in [3.63, 3.8) is 0 Å². The van der Waals surface area contributed by atoms with E-state index >= 15 is 0 Å². The van der Waals surface area contributed by atoms with Crippen LogP contribution in [0.4, 0.5) is 17.6 Å². The molecule has 3 heterocycles. The Morgan fingerprint density at radius 1 is 1.24 bits per heavy atom. The molecule has 3 aromatic heterocycles. The third-order valence-corrected chi connectivity index (χ3v) is 6.66. The van der Waals surface area contributed by atoms with Crippen molar-refractivity contribution in [3.05, 3.63) is 24.3 Å². The number of carbonyl (C=O) groups excluding carboxylic acids is 1. The number of fused-ring (bicyclic) bond motifs is 3. The summed E-state index contributed by atoms with van der Waals surface area (Å²) in [5.41, 5.74) is 2.43. The van der Waals surface area contributed by atoms with Crippen LogP contribution in [0.3, 0.4) is 0 Å². The van der Waals surface area contributed by atoms with E-state index in [4.69, 9.17) is 4.98 Å². The Balaban J connectivity index is 1.36. The van der Waals surface area contributed by atoms with Gasteiger partial charge in [0.1, 0.15) is 23.2 Å². The molecule has 11 heteroatoms. The SMILES string of the molecule is O=C(NCCc1nc2cnc3[nH]ccc3c2n1[C@H]1CC[C@H](NCC(F)(F)F)CC1)C1CC1F. The van der Waals surface area contributed by atoms with Crippen molar-refractivity contribution in [2.24, 2.45) is 5.92 Å². The molecule has 0 spiro atoms. The fourth-order valence-corrected chi connectivity index (χ4v) is 4.87. The minimum atomic E-state index is -4.22. The number of aromatic amines is 1. The minimum absolute atomic E-state index is 0.0868. The summed E-state index contributed by atoms with van der Waals surface area (Å²) in [7, 11) is 0. The highest BCUT2D eigenvalue weighted by molar-refractivity contribution is 6.01. The summed E-state index contributed by atoms with van der Waals surface area (Å²) in [4.78, 5) is 24.3. The van der Waals surface area contributed by atoms with Gasteiger partial charge in [0.2, 0.25) is 5.91 Å². The summed E-state index contributed by atoms with van der Waals surface area (Å²) in [6.07, 6.45) is 1.75. The highest BCUT2D eigenvalue weighted by atomic mass is 19.4. The van der Waals surface area contributed by atoms with Crippen molar-refractivity contribution in [2.45, 2.75) is 63.0 Å². The zero-order valence-corrected chi connectivity index (χ0v) is 18.0. The normalized spacial score (nSPS) is 25.6. The van der Waals surface area contributed by atoms with E-state index in [1.54, 1.807) is 6.20 Å². The maximum Gasteiger partial charge on any atom is 0.401 e. The first-order valence-corrected chi connectivity index (χ1v) is 11.3. The van der Waals surface area contributed by atoms with Crippen molar-refractivity contribution in [3.8, 4) is 0 Å². The lowest BCUT2D eigenvalue weighted by Crippen LogP contribution is -2.39. The fourth-order valence-electron chi connectivity index (χ4n) is 4.87. The summed E-state index contributed by atoms with van der Waals surface area (Å²) in [5, 5.41) is 6.36. The number of hydrogen-bond acceptors (Lipinski definition) is 4. The van der Waals surface area contributed by atoms with Gasteiger partial charge in [0.05, 0.1) is 24.2 Å². The van der Waals surface area contributed by atoms with Crippen LogP contribution in [0.15, 0.2) is 18.5 Å². The quantitative estimate of drug-likeness (QED) is 0.465. The largest absolute Gasteiger partial charge is 0.401 e. The van der Waals surface area contributed by atoms with Gasteiger partial charge in [0, 0.05) is 36.6 Å². The van der Waals surface area contributed by atoms with Crippen LogP contribution >= 0.6 is 0 Å². The molecule has 2 unspecified atom stereocenters. The van der Waals surface area contributed by atoms with E-state index in [-0.39, 0.29) is 24.4 Å². The lowest BCUT2D eigenvalue weighted by atomic mass is 9.90. The van der Waals surface area contributed by atoms with E-state index in [0.717, 1.165) is 40.7 Å². The fraction of sp³-hybridized carbons (Fsp3) is 0.591. The van der Waals surface area contributed by atoms with Crippen LogP contribution in [0, 0.1) is 5.92 Å². The van der Waals surface area contributed by atoms with Crippen LogP contribution in [0.5, 0.6) is 0 Å². The number of nitrogens with one attached hydrogen (secondary N) is 3. The monoisotopic (exact) mass is 466 g/mol. The van der Waals surface area contributed by atoms with Crippen molar-refractivity contribution >= 4 is 28.0 Å².